The molecule has 0 fully saturated rings. The van der Waals surface area contributed by atoms with Crippen LogP contribution in [0.4, 0.5) is 5.69 Å². The first-order chi connectivity index (χ1) is 8.48. The number of hydrogen-bond acceptors (Lipinski definition) is 3. The van der Waals surface area contributed by atoms with Crippen molar-refractivity contribution in [3.8, 4) is 0 Å². The number of sulfonamides is 1. The van der Waals surface area contributed by atoms with Crippen LogP contribution in [0.1, 0.15) is 38.7 Å². The first kappa shape index (κ1) is 15.0. The van der Waals surface area contributed by atoms with Gasteiger partial charge in [0.25, 0.3) is 0 Å². The van der Waals surface area contributed by atoms with Gasteiger partial charge in [0.1, 0.15) is 0 Å². The van der Waals surface area contributed by atoms with E-state index in [1.54, 1.807) is 24.3 Å². The van der Waals surface area contributed by atoms with E-state index in [4.69, 9.17) is 5.73 Å². The van der Waals surface area contributed by atoms with Crippen LogP contribution in [0.3, 0.4) is 0 Å². The highest BCUT2D eigenvalue weighted by molar-refractivity contribution is 7.88. The van der Waals surface area contributed by atoms with E-state index in [1.165, 1.54) is 0 Å². The molecule has 1 aromatic rings. The fourth-order valence-corrected chi connectivity index (χ4v) is 3.41. The molecule has 0 spiro atoms. The fourth-order valence-electron chi connectivity index (χ4n) is 1.86. The average molecular weight is 270 g/mol. The van der Waals surface area contributed by atoms with Gasteiger partial charge in [-0.05, 0) is 24.5 Å². The quantitative estimate of drug-likeness (QED) is 0.747. The van der Waals surface area contributed by atoms with Crippen molar-refractivity contribution in [3.63, 3.8) is 0 Å². The molecule has 1 atom stereocenters. The number of nitrogen functional groups attached to an aromatic ring is 1. The Balaban J connectivity index is 2.73. The third kappa shape index (κ3) is 4.66. The number of rotatable bonds is 7. The fraction of sp³-hybridized carbons (Fsp3) is 0.538. The molecule has 102 valence electrons. The molecule has 3 N–H and O–H groups in total. The van der Waals surface area contributed by atoms with Crippen LogP contribution in [0.5, 0.6) is 0 Å². The highest BCUT2D eigenvalue weighted by Gasteiger charge is 2.17. The van der Waals surface area contributed by atoms with Crippen LogP contribution in [-0.4, -0.2) is 14.5 Å². The first-order valence-electron chi connectivity index (χ1n) is 6.32. The van der Waals surface area contributed by atoms with Crippen LogP contribution in [0.25, 0.3) is 0 Å². The minimum atomic E-state index is -3.32. The van der Waals surface area contributed by atoms with E-state index in [9.17, 15) is 8.42 Å². The summed E-state index contributed by atoms with van der Waals surface area (Å²) >= 11 is 0. The van der Waals surface area contributed by atoms with Crippen molar-refractivity contribution in [1.29, 1.82) is 0 Å². The molecule has 0 aliphatic carbocycles. The Bertz CT molecular complexity index is 472. The summed E-state index contributed by atoms with van der Waals surface area (Å²) in [6.45, 7) is 4.03. The number of nitrogens with two attached hydrogens (primary N) is 1. The Labute approximate surface area is 110 Å². The summed E-state index contributed by atoms with van der Waals surface area (Å²) in [5.41, 5.74) is 6.93. The van der Waals surface area contributed by atoms with Crippen LogP contribution < -0.4 is 10.5 Å². The molecule has 0 aliphatic heterocycles. The van der Waals surface area contributed by atoms with Gasteiger partial charge in [-0.3, -0.25) is 0 Å². The van der Waals surface area contributed by atoms with E-state index in [0.717, 1.165) is 19.3 Å². The van der Waals surface area contributed by atoms with Crippen molar-refractivity contribution in [3.05, 3.63) is 29.8 Å². The number of anilines is 1. The van der Waals surface area contributed by atoms with E-state index >= 15 is 0 Å². The second-order valence-corrected chi connectivity index (χ2v) is 6.22. The molecule has 0 saturated carbocycles. The Hall–Kier alpha value is -1.07. The zero-order valence-corrected chi connectivity index (χ0v) is 11.8. The number of benzene rings is 1. The minimum absolute atomic E-state index is 0.0185. The molecule has 5 heteroatoms. The molecular formula is C13H22N2O2S. The van der Waals surface area contributed by atoms with Crippen molar-refractivity contribution in [2.45, 2.75) is 44.9 Å². The Kier molecular flexibility index (Phi) is 5.62. The maximum Gasteiger partial charge on any atom is 0.216 e. The van der Waals surface area contributed by atoms with Crippen LogP contribution in [0.2, 0.25) is 0 Å². The molecule has 0 aliphatic rings. The molecule has 0 saturated heterocycles. The lowest BCUT2D eigenvalue weighted by Crippen LogP contribution is -2.35. The van der Waals surface area contributed by atoms with Crippen LogP contribution >= 0.6 is 0 Å². The van der Waals surface area contributed by atoms with Crippen molar-refractivity contribution >= 4 is 15.7 Å². The molecule has 1 rings (SSSR count). The second-order valence-electron chi connectivity index (χ2n) is 4.47. The predicted octanol–water partition coefficient (Wildman–Crippen LogP) is 2.27. The summed E-state index contributed by atoms with van der Waals surface area (Å²) in [4.78, 5) is 0. The van der Waals surface area contributed by atoms with E-state index < -0.39 is 10.0 Å². The van der Waals surface area contributed by atoms with E-state index in [2.05, 4.69) is 4.72 Å². The standard InChI is InChI=1S/C13H22N2O2S/c1-3-7-12(4-2)15-18(16,17)10-11-8-5-6-9-13(11)14/h5-6,8-9,12,15H,3-4,7,10,14H2,1-2H3. The SMILES string of the molecule is CCCC(CC)NS(=O)(=O)Cc1ccccc1N. The molecule has 0 bridgehead atoms. The van der Waals surface area contributed by atoms with Gasteiger partial charge >= 0.3 is 0 Å². The molecule has 0 amide bonds. The lowest BCUT2D eigenvalue weighted by molar-refractivity contribution is 0.512. The summed E-state index contributed by atoms with van der Waals surface area (Å²) in [5.74, 6) is -0.0557. The highest BCUT2D eigenvalue weighted by atomic mass is 32.2. The number of para-hydroxylation sites is 1. The molecule has 4 nitrogen and oxygen atoms in total. The van der Waals surface area contributed by atoms with Crippen LogP contribution in [0, 0.1) is 0 Å². The number of hydrogen-bond donors (Lipinski definition) is 2. The zero-order valence-electron chi connectivity index (χ0n) is 11.0. The van der Waals surface area contributed by atoms with Crippen molar-refractivity contribution in [1.82, 2.24) is 4.72 Å². The van der Waals surface area contributed by atoms with Gasteiger partial charge in [0, 0.05) is 11.7 Å². The van der Waals surface area contributed by atoms with Crippen molar-refractivity contribution < 1.29 is 8.42 Å². The van der Waals surface area contributed by atoms with Gasteiger partial charge in [0.15, 0.2) is 0 Å². The van der Waals surface area contributed by atoms with E-state index in [0.29, 0.717) is 11.3 Å². The Morgan fingerprint density at radius 2 is 1.94 bits per heavy atom. The summed E-state index contributed by atoms with van der Waals surface area (Å²) in [7, 11) is -3.32. The lowest BCUT2D eigenvalue weighted by atomic mass is 10.1. The molecule has 1 aromatic carbocycles. The Morgan fingerprint density at radius 3 is 2.50 bits per heavy atom. The van der Waals surface area contributed by atoms with Crippen molar-refractivity contribution in [2.75, 3.05) is 5.73 Å². The molecule has 0 radical (unpaired) electrons. The van der Waals surface area contributed by atoms with Crippen molar-refractivity contribution in [2.24, 2.45) is 0 Å². The van der Waals surface area contributed by atoms with Gasteiger partial charge in [-0.1, -0.05) is 38.5 Å². The molecule has 0 heterocycles. The summed E-state index contributed by atoms with van der Waals surface area (Å²) in [6, 6.07) is 7.07. The third-order valence-corrected chi connectivity index (χ3v) is 4.26. The average Bonchev–Trinajstić information content (AvgIpc) is 2.31. The zero-order chi connectivity index (χ0) is 13.6. The molecule has 1 unspecified atom stereocenters. The van der Waals surface area contributed by atoms with Gasteiger partial charge in [-0.2, -0.15) is 0 Å². The number of nitrogens with one attached hydrogen (secondary N) is 1. The van der Waals surface area contributed by atoms with Gasteiger partial charge in [-0.25, -0.2) is 13.1 Å². The van der Waals surface area contributed by atoms with E-state index in [1.807, 2.05) is 13.8 Å². The Morgan fingerprint density at radius 1 is 1.28 bits per heavy atom. The van der Waals surface area contributed by atoms with Crippen LogP contribution in [-0.2, 0) is 15.8 Å². The third-order valence-electron chi connectivity index (χ3n) is 2.88. The maximum absolute atomic E-state index is 12.0. The first-order valence-corrected chi connectivity index (χ1v) is 7.97. The monoisotopic (exact) mass is 270 g/mol. The highest BCUT2D eigenvalue weighted by Crippen LogP contribution is 2.14. The molecule has 18 heavy (non-hydrogen) atoms. The van der Waals surface area contributed by atoms with Gasteiger partial charge in [0.2, 0.25) is 10.0 Å². The maximum atomic E-state index is 12.0. The van der Waals surface area contributed by atoms with Gasteiger partial charge in [0.05, 0.1) is 5.75 Å². The topological polar surface area (TPSA) is 72.2 Å². The van der Waals surface area contributed by atoms with Gasteiger partial charge in [-0.15, -0.1) is 0 Å². The predicted molar refractivity (Wildman–Crippen MR) is 75.6 cm³/mol. The minimum Gasteiger partial charge on any atom is -0.398 e. The van der Waals surface area contributed by atoms with Gasteiger partial charge < -0.3 is 5.73 Å². The summed E-state index contributed by atoms with van der Waals surface area (Å²) in [6.07, 6.45) is 2.63. The summed E-state index contributed by atoms with van der Waals surface area (Å²) < 4.78 is 26.8. The van der Waals surface area contributed by atoms with Crippen LogP contribution in [0.15, 0.2) is 24.3 Å². The molecular weight excluding hydrogens is 248 g/mol. The lowest BCUT2D eigenvalue weighted by Gasteiger charge is -2.16. The summed E-state index contributed by atoms with van der Waals surface area (Å²) in [5, 5.41) is 0. The largest absolute Gasteiger partial charge is 0.398 e. The van der Waals surface area contributed by atoms with E-state index in [-0.39, 0.29) is 11.8 Å². The molecule has 0 aromatic heterocycles. The second kappa shape index (κ2) is 6.75. The smallest absolute Gasteiger partial charge is 0.216 e. The normalized spacial score (nSPS) is 13.4.